The number of hydrogen-bond donors (Lipinski definition) is 1. The fraction of sp³-hybridized carbons (Fsp3) is 0.412. The first-order valence-electron chi connectivity index (χ1n) is 7.76. The van der Waals surface area contributed by atoms with Gasteiger partial charge in [0, 0.05) is 25.0 Å². The molecular formula is C17H23ClN4O. The molecule has 0 radical (unpaired) electrons. The van der Waals surface area contributed by atoms with E-state index in [4.69, 9.17) is 5.73 Å². The Bertz CT molecular complexity index is 627. The third-order valence-corrected chi connectivity index (χ3v) is 4.38. The van der Waals surface area contributed by atoms with Gasteiger partial charge in [-0.3, -0.25) is 4.79 Å². The van der Waals surface area contributed by atoms with Gasteiger partial charge in [0.1, 0.15) is 0 Å². The van der Waals surface area contributed by atoms with Crippen molar-refractivity contribution in [3.05, 3.63) is 48.3 Å². The van der Waals surface area contributed by atoms with Gasteiger partial charge in [0.05, 0.1) is 12.1 Å². The van der Waals surface area contributed by atoms with Crippen molar-refractivity contribution in [1.29, 1.82) is 0 Å². The summed E-state index contributed by atoms with van der Waals surface area (Å²) in [5, 5.41) is 4.20. The molecule has 2 unspecified atom stereocenters. The van der Waals surface area contributed by atoms with E-state index in [9.17, 15) is 4.79 Å². The van der Waals surface area contributed by atoms with E-state index in [0.717, 1.165) is 24.2 Å². The highest BCUT2D eigenvalue weighted by Gasteiger charge is 2.31. The van der Waals surface area contributed by atoms with Crippen LogP contribution in [0.15, 0.2) is 42.7 Å². The van der Waals surface area contributed by atoms with E-state index < -0.39 is 0 Å². The Labute approximate surface area is 142 Å². The molecule has 2 N–H and O–H groups in total. The number of likely N-dealkylation sites (tertiary alicyclic amines) is 1. The molecule has 124 valence electrons. The smallest absolute Gasteiger partial charge is 0.227 e. The van der Waals surface area contributed by atoms with E-state index >= 15 is 0 Å². The molecular weight excluding hydrogens is 312 g/mol. The van der Waals surface area contributed by atoms with E-state index in [1.807, 2.05) is 41.4 Å². The Hall–Kier alpha value is -1.85. The first-order chi connectivity index (χ1) is 10.7. The minimum absolute atomic E-state index is 0. The maximum Gasteiger partial charge on any atom is 0.227 e. The summed E-state index contributed by atoms with van der Waals surface area (Å²) in [6, 6.07) is 10.2. The van der Waals surface area contributed by atoms with Gasteiger partial charge in [0.15, 0.2) is 0 Å². The Morgan fingerprint density at radius 2 is 2.09 bits per heavy atom. The molecule has 1 aromatic heterocycles. The van der Waals surface area contributed by atoms with Crippen molar-refractivity contribution in [3.63, 3.8) is 0 Å². The normalized spacial score (nSPS) is 20.3. The van der Waals surface area contributed by atoms with Crippen LogP contribution in [0.1, 0.15) is 18.9 Å². The summed E-state index contributed by atoms with van der Waals surface area (Å²) in [5.74, 6) is 0.636. The van der Waals surface area contributed by atoms with Crippen LogP contribution in [0.3, 0.4) is 0 Å². The number of carbonyl (C=O) groups is 1. The lowest BCUT2D eigenvalue weighted by Crippen LogP contribution is -2.35. The highest BCUT2D eigenvalue weighted by atomic mass is 35.5. The molecule has 2 aromatic rings. The number of hydrogen-bond acceptors (Lipinski definition) is 3. The molecule has 5 nitrogen and oxygen atoms in total. The summed E-state index contributed by atoms with van der Waals surface area (Å²) < 4.78 is 1.81. The topological polar surface area (TPSA) is 64.2 Å². The van der Waals surface area contributed by atoms with Gasteiger partial charge >= 0.3 is 0 Å². The van der Waals surface area contributed by atoms with Crippen LogP contribution in [0.2, 0.25) is 0 Å². The third kappa shape index (κ3) is 3.92. The van der Waals surface area contributed by atoms with Crippen molar-refractivity contribution in [2.45, 2.75) is 25.8 Å². The summed E-state index contributed by atoms with van der Waals surface area (Å²) in [6.07, 6.45) is 5.11. The molecule has 23 heavy (non-hydrogen) atoms. The van der Waals surface area contributed by atoms with Crippen molar-refractivity contribution in [1.82, 2.24) is 14.7 Å². The summed E-state index contributed by atoms with van der Waals surface area (Å²) in [7, 11) is 0. The van der Waals surface area contributed by atoms with Crippen LogP contribution in [0, 0.1) is 5.92 Å². The van der Waals surface area contributed by atoms with E-state index in [1.165, 1.54) is 0 Å². The predicted molar refractivity (Wildman–Crippen MR) is 92.9 cm³/mol. The van der Waals surface area contributed by atoms with E-state index in [1.54, 1.807) is 10.9 Å². The highest BCUT2D eigenvalue weighted by Crippen LogP contribution is 2.23. The Balaban J connectivity index is 0.00000192. The van der Waals surface area contributed by atoms with Crippen LogP contribution < -0.4 is 5.73 Å². The molecule has 1 fully saturated rings. The lowest BCUT2D eigenvalue weighted by atomic mass is 10.1. The van der Waals surface area contributed by atoms with Gasteiger partial charge in [-0.15, -0.1) is 12.4 Å². The number of benzene rings is 1. The largest absolute Gasteiger partial charge is 0.339 e. The Morgan fingerprint density at radius 3 is 2.65 bits per heavy atom. The van der Waals surface area contributed by atoms with Crippen molar-refractivity contribution in [2.75, 3.05) is 13.1 Å². The maximum atomic E-state index is 12.5. The molecule has 0 saturated carbocycles. The lowest BCUT2D eigenvalue weighted by molar-refractivity contribution is -0.131. The van der Waals surface area contributed by atoms with Gasteiger partial charge < -0.3 is 10.6 Å². The van der Waals surface area contributed by atoms with E-state index in [0.29, 0.717) is 24.9 Å². The van der Waals surface area contributed by atoms with Crippen molar-refractivity contribution >= 4 is 18.3 Å². The van der Waals surface area contributed by atoms with Crippen LogP contribution in [0.5, 0.6) is 0 Å². The molecule has 0 aliphatic carbocycles. The second-order valence-corrected chi connectivity index (χ2v) is 6.03. The standard InChI is InChI=1S/C17H22N4O.ClH/c1-13-9-15(11-18)12-20(13)17(22)10-14-3-5-16(6-4-14)21-8-2-7-19-21;/h2-8,13,15H,9-12,18H2,1H3;1H. The van der Waals surface area contributed by atoms with Crippen molar-refractivity contribution in [3.8, 4) is 5.69 Å². The zero-order chi connectivity index (χ0) is 15.5. The monoisotopic (exact) mass is 334 g/mol. The molecule has 1 amide bonds. The SMILES string of the molecule is CC1CC(CN)CN1C(=O)Cc1ccc(-n2cccn2)cc1.Cl. The third-order valence-electron chi connectivity index (χ3n) is 4.38. The second kappa shape index (κ2) is 7.62. The first-order valence-corrected chi connectivity index (χ1v) is 7.76. The highest BCUT2D eigenvalue weighted by molar-refractivity contribution is 5.85. The summed E-state index contributed by atoms with van der Waals surface area (Å²) in [5.41, 5.74) is 7.76. The minimum atomic E-state index is 0. The zero-order valence-corrected chi connectivity index (χ0v) is 14.1. The molecule has 1 aliphatic rings. The zero-order valence-electron chi connectivity index (χ0n) is 13.3. The van der Waals surface area contributed by atoms with Gasteiger partial charge in [0.2, 0.25) is 5.91 Å². The number of halogens is 1. The Kier molecular flexibility index (Phi) is 5.80. The number of amides is 1. The van der Waals surface area contributed by atoms with E-state index in [2.05, 4.69) is 12.0 Å². The molecule has 1 aliphatic heterocycles. The summed E-state index contributed by atoms with van der Waals surface area (Å²) >= 11 is 0. The molecule has 2 atom stereocenters. The van der Waals surface area contributed by atoms with E-state index in [-0.39, 0.29) is 18.3 Å². The fourth-order valence-electron chi connectivity index (χ4n) is 3.12. The number of nitrogens with zero attached hydrogens (tertiary/aromatic N) is 3. The molecule has 2 heterocycles. The van der Waals surface area contributed by atoms with Gasteiger partial charge in [0.25, 0.3) is 0 Å². The minimum Gasteiger partial charge on any atom is -0.339 e. The van der Waals surface area contributed by atoms with Crippen molar-refractivity contribution < 1.29 is 4.79 Å². The molecule has 1 saturated heterocycles. The maximum absolute atomic E-state index is 12.5. The van der Waals surface area contributed by atoms with Crippen LogP contribution in [-0.2, 0) is 11.2 Å². The predicted octanol–water partition coefficient (Wildman–Crippen LogP) is 2.03. The molecule has 3 rings (SSSR count). The number of rotatable bonds is 4. The summed E-state index contributed by atoms with van der Waals surface area (Å²) in [6.45, 7) is 3.56. The summed E-state index contributed by atoms with van der Waals surface area (Å²) in [4.78, 5) is 14.4. The number of aromatic nitrogens is 2. The molecule has 1 aromatic carbocycles. The van der Waals surface area contributed by atoms with Gasteiger partial charge in [-0.2, -0.15) is 5.10 Å². The lowest BCUT2D eigenvalue weighted by Gasteiger charge is -2.21. The fourth-order valence-corrected chi connectivity index (χ4v) is 3.12. The quantitative estimate of drug-likeness (QED) is 0.930. The van der Waals surface area contributed by atoms with Crippen LogP contribution in [-0.4, -0.2) is 39.7 Å². The number of nitrogens with two attached hydrogens (primary N) is 1. The second-order valence-electron chi connectivity index (χ2n) is 6.03. The van der Waals surface area contributed by atoms with Crippen LogP contribution >= 0.6 is 12.4 Å². The van der Waals surface area contributed by atoms with Crippen LogP contribution in [0.25, 0.3) is 5.69 Å². The molecule has 0 spiro atoms. The molecule has 6 heteroatoms. The van der Waals surface area contributed by atoms with Crippen LogP contribution in [0.4, 0.5) is 0 Å². The number of carbonyl (C=O) groups excluding carboxylic acids is 1. The average Bonchev–Trinajstić information content (AvgIpc) is 3.17. The van der Waals surface area contributed by atoms with Gasteiger partial charge in [-0.25, -0.2) is 4.68 Å². The van der Waals surface area contributed by atoms with Gasteiger partial charge in [-0.05, 0) is 49.6 Å². The van der Waals surface area contributed by atoms with Gasteiger partial charge in [-0.1, -0.05) is 12.1 Å². The van der Waals surface area contributed by atoms with Crippen molar-refractivity contribution in [2.24, 2.45) is 11.7 Å². The molecule has 0 bridgehead atoms. The average molecular weight is 335 g/mol. The first kappa shape index (κ1) is 17.5. The Morgan fingerprint density at radius 1 is 1.35 bits per heavy atom.